The van der Waals surface area contributed by atoms with E-state index in [0.717, 1.165) is 22.6 Å². The average Bonchev–Trinajstić information content (AvgIpc) is 3.74. The second-order valence-corrected chi connectivity index (χ2v) is 14.0. The standard InChI is InChI=1S/C47H31N3S/c1-2-14-36(15-3-1)49(39-17-10-26-48-31-39)37-16-9-13-34(28-37)32-11-8-12-33(27-32)35-22-24-41-40-18-4-6-20-44(40)50(45(41)29-35)38-23-25-47-43(30-38)42-19-5-7-21-46(42)51-47/h1-31H. The third-order valence-electron chi connectivity index (χ3n) is 9.84. The SMILES string of the molecule is c1ccc(N(c2cccnc2)c2cccc(-c3cccc(-c4ccc5c6ccccc6n(-c6ccc7sc8ccccc8c7c6)c5c4)c3)c2)cc1. The Hall–Kier alpha value is -6.49. The molecule has 0 amide bonds. The second-order valence-electron chi connectivity index (χ2n) is 12.9. The lowest BCUT2D eigenvalue weighted by Crippen LogP contribution is -2.10. The Morgan fingerprint density at radius 1 is 0.412 bits per heavy atom. The zero-order chi connectivity index (χ0) is 33.7. The molecule has 3 aromatic heterocycles. The number of thiophene rings is 1. The minimum Gasteiger partial charge on any atom is -0.309 e. The molecular weight excluding hydrogens is 639 g/mol. The average molecular weight is 670 g/mol. The van der Waals surface area contributed by atoms with E-state index in [2.05, 4.69) is 178 Å². The number of para-hydroxylation sites is 2. The lowest BCUT2D eigenvalue weighted by molar-refractivity contribution is 1.19. The van der Waals surface area contributed by atoms with Crippen molar-refractivity contribution in [3.05, 3.63) is 188 Å². The molecule has 0 aliphatic rings. The monoisotopic (exact) mass is 669 g/mol. The molecule has 0 radical (unpaired) electrons. The van der Waals surface area contributed by atoms with Crippen molar-refractivity contribution in [2.75, 3.05) is 4.90 Å². The second kappa shape index (κ2) is 12.1. The molecule has 0 aliphatic carbocycles. The molecule has 0 fully saturated rings. The normalized spacial score (nSPS) is 11.5. The first-order chi connectivity index (χ1) is 25.3. The van der Waals surface area contributed by atoms with Crippen LogP contribution in [0.3, 0.4) is 0 Å². The molecule has 3 heterocycles. The Morgan fingerprint density at radius 2 is 1.08 bits per heavy atom. The van der Waals surface area contributed by atoms with E-state index in [4.69, 9.17) is 0 Å². The van der Waals surface area contributed by atoms with E-state index in [9.17, 15) is 0 Å². The maximum Gasteiger partial charge on any atom is 0.0644 e. The van der Waals surface area contributed by atoms with Gasteiger partial charge in [-0.25, -0.2) is 0 Å². The number of pyridine rings is 1. The molecule has 0 aliphatic heterocycles. The number of rotatable bonds is 6. The maximum atomic E-state index is 4.42. The molecule has 51 heavy (non-hydrogen) atoms. The quantitative estimate of drug-likeness (QED) is 0.176. The van der Waals surface area contributed by atoms with Crippen molar-refractivity contribution in [3.8, 4) is 27.9 Å². The highest BCUT2D eigenvalue weighted by molar-refractivity contribution is 7.25. The zero-order valence-electron chi connectivity index (χ0n) is 27.6. The topological polar surface area (TPSA) is 21.1 Å². The molecule has 10 aromatic rings. The maximum absolute atomic E-state index is 4.42. The van der Waals surface area contributed by atoms with E-state index in [-0.39, 0.29) is 0 Å². The van der Waals surface area contributed by atoms with Gasteiger partial charge in [0.1, 0.15) is 0 Å². The van der Waals surface area contributed by atoms with Gasteiger partial charge in [-0.2, -0.15) is 0 Å². The van der Waals surface area contributed by atoms with E-state index in [1.165, 1.54) is 64.4 Å². The van der Waals surface area contributed by atoms with Gasteiger partial charge in [0.25, 0.3) is 0 Å². The lowest BCUT2D eigenvalue weighted by atomic mass is 9.97. The molecule has 0 spiro atoms. The summed E-state index contributed by atoms with van der Waals surface area (Å²) in [7, 11) is 0. The summed E-state index contributed by atoms with van der Waals surface area (Å²) in [6.45, 7) is 0. The Bertz CT molecular complexity index is 2830. The largest absolute Gasteiger partial charge is 0.309 e. The number of hydrogen-bond acceptors (Lipinski definition) is 3. The van der Waals surface area contributed by atoms with Crippen LogP contribution in [0.5, 0.6) is 0 Å². The van der Waals surface area contributed by atoms with Gasteiger partial charge in [-0.15, -0.1) is 11.3 Å². The van der Waals surface area contributed by atoms with Gasteiger partial charge in [0.2, 0.25) is 0 Å². The fourth-order valence-electron chi connectivity index (χ4n) is 7.49. The van der Waals surface area contributed by atoms with Crippen LogP contribution in [-0.2, 0) is 0 Å². The van der Waals surface area contributed by atoms with Gasteiger partial charge in [0.05, 0.1) is 22.9 Å². The summed E-state index contributed by atoms with van der Waals surface area (Å²) >= 11 is 1.86. The van der Waals surface area contributed by atoms with Crippen molar-refractivity contribution in [2.45, 2.75) is 0 Å². The van der Waals surface area contributed by atoms with Gasteiger partial charge >= 0.3 is 0 Å². The van der Waals surface area contributed by atoms with Crippen LogP contribution >= 0.6 is 11.3 Å². The highest BCUT2D eigenvalue weighted by atomic mass is 32.1. The minimum atomic E-state index is 1.02. The van der Waals surface area contributed by atoms with E-state index in [1.807, 2.05) is 35.9 Å². The smallest absolute Gasteiger partial charge is 0.0644 e. The summed E-state index contributed by atoms with van der Waals surface area (Å²) in [5.74, 6) is 0. The van der Waals surface area contributed by atoms with Gasteiger partial charge < -0.3 is 9.47 Å². The van der Waals surface area contributed by atoms with Gasteiger partial charge in [0.15, 0.2) is 0 Å². The summed E-state index contributed by atoms with van der Waals surface area (Å²) in [5.41, 5.74) is 11.5. The lowest BCUT2D eigenvalue weighted by Gasteiger charge is -2.25. The van der Waals surface area contributed by atoms with Crippen LogP contribution in [0.4, 0.5) is 17.1 Å². The summed E-state index contributed by atoms with van der Waals surface area (Å²) < 4.78 is 5.07. The van der Waals surface area contributed by atoms with Gasteiger partial charge in [0, 0.05) is 54.2 Å². The molecular formula is C47H31N3S. The van der Waals surface area contributed by atoms with E-state index in [0.29, 0.717) is 0 Å². The molecule has 4 heteroatoms. The predicted molar refractivity (Wildman–Crippen MR) is 217 cm³/mol. The highest BCUT2D eigenvalue weighted by Crippen LogP contribution is 2.40. The number of fused-ring (bicyclic) bond motifs is 6. The van der Waals surface area contributed by atoms with E-state index in [1.54, 1.807) is 0 Å². The van der Waals surface area contributed by atoms with Gasteiger partial charge in [-0.05, 0) is 101 Å². The molecule has 7 aromatic carbocycles. The Labute approximate surface area is 299 Å². The summed E-state index contributed by atoms with van der Waals surface area (Å²) in [6, 6.07) is 63.5. The number of nitrogens with zero attached hydrogens (tertiary/aromatic N) is 3. The van der Waals surface area contributed by atoms with Crippen molar-refractivity contribution >= 4 is 70.4 Å². The molecule has 3 nitrogen and oxygen atoms in total. The van der Waals surface area contributed by atoms with Crippen LogP contribution < -0.4 is 4.90 Å². The van der Waals surface area contributed by atoms with Crippen molar-refractivity contribution in [3.63, 3.8) is 0 Å². The van der Waals surface area contributed by atoms with Crippen LogP contribution in [0.1, 0.15) is 0 Å². The molecule has 0 bridgehead atoms. The third kappa shape index (κ3) is 5.08. The summed E-state index contributed by atoms with van der Waals surface area (Å²) in [4.78, 5) is 6.68. The molecule has 240 valence electrons. The fourth-order valence-corrected chi connectivity index (χ4v) is 8.58. The number of hydrogen-bond donors (Lipinski definition) is 0. The molecule has 0 unspecified atom stereocenters. The number of benzene rings is 7. The molecule has 0 N–H and O–H groups in total. The molecule has 10 rings (SSSR count). The van der Waals surface area contributed by atoms with Crippen LogP contribution in [0, 0.1) is 0 Å². The minimum absolute atomic E-state index is 1.02. The van der Waals surface area contributed by atoms with Crippen LogP contribution in [-0.4, -0.2) is 9.55 Å². The Kier molecular flexibility index (Phi) is 7.00. The van der Waals surface area contributed by atoms with Crippen LogP contribution in [0.15, 0.2) is 188 Å². The Balaban J connectivity index is 1.09. The summed E-state index contributed by atoms with van der Waals surface area (Å²) in [6.07, 6.45) is 3.73. The molecule has 0 saturated carbocycles. The fraction of sp³-hybridized carbons (Fsp3) is 0. The predicted octanol–water partition coefficient (Wildman–Crippen LogP) is 13.4. The van der Waals surface area contributed by atoms with Crippen molar-refractivity contribution in [2.24, 2.45) is 0 Å². The zero-order valence-corrected chi connectivity index (χ0v) is 28.5. The highest BCUT2D eigenvalue weighted by Gasteiger charge is 2.16. The molecule has 0 saturated heterocycles. The van der Waals surface area contributed by atoms with Crippen molar-refractivity contribution in [1.82, 2.24) is 9.55 Å². The summed E-state index contributed by atoms with van der Waals surface area (Å²) in [5, 5.41) is 5.13. The molecule has 0 atom stereocenters. The van der Waals surface area contributed by atoms with E-state index < -0.39 is 0 Å². The van der Waals surface area contributed by atoms with Crippen molar-refractivity contribution in [1.29, 1.82) is 0 Å². The van der Waals surface area contributed by atoms with Crippen LogP contribution in [0.25, 0.3) is 69.9 Å². The van der Waals surface area contributed by atoms with Gasteiger partial charge in [-0.3, -0.25) is 4.98 Å². The number of aromatic nitrogens is 2. The van der Waals surface area contributed by atoms with E-state index >= 15 is 0 Å². The first kappa shape index (κ1) is 29.4. The first-order valence-corrected chi connectivity index (χ1v) is 18.0. The first-order valence-electron chi connectivity index (χ1n) is 17.2. The third-order valence-corrected chi connectivity index (χ3v) is 11.0. The van der Waals surface area contributed by atoms with Gasteiger partial charge in [-0.1, -0.05) is 97.1 Å². The van der Waals surface area contributed by atoms with Crippen molar-refractivity contribution < 1.29 is 0 Å². The Morgan fingerprint density at radius 3 is 1.92 bits per heavy atom. The number of anilines is 3. The van der Waals surface area contributed by atoms with Crippen LogP contribution in [0.2, 0.25) is 0 Å².